The molecule has 0 aliphatic carbocycles. The summed E-state index contributed by atoms with van der Waals surface area (Å²) < 4.78 is 14.8. The average molecular weight is 473 g/mol. The van der Waals surface area contributed by atoms with Crippen molar-refractivity contribution >= 4 is 35.0 Å². The number of nitrogens with one attached hydrogen (secondary N) is 3. The summed E-state index contributed by atoms with van der Waals surface area (Å²) in [4.78, 5) is 15.0. The van der Waals surface area contributed by atoms with E-state index in [4.69, 9.17) is 5.73 Å². The van der Waals surface area contributed by atoms with E-state index in [0.717, 1.165) is 11.3 Å². The van der Waals surface area contributed by atoms with E-state index < -0.39 is 5.82 Å². The lowest BCUT2D eigenvalue weighted by Gasteiger charge is -2.17. The number of anilines is 5. The van der Waals surface area contributed by atoms with Gasteiger partial charge in [0.1, 0.15) is 11.6 Å². The zero-order chi connectivity index (χ0) is 25.4. The zero-order valence-electron chi connectivity index (χ0n) is 20.0. The quantitative estimate of drug-likeness (QED) is 0.240. The Balaban J connectivity index is 2.08. The molecular formula is C26H29FN8. The molecule has 3 rings (SSSR count). The molecule has 0 unspecified atom stereocenters. The van der Waals surface area contributed by atoms with Gasteiger partial charge in [-0.3, -0.25) is 4.99 Å². The number of allylic oxidation sites excluding steroid dienone is 2. The van der Waals surface area contributed by atoms with Crippen LogP contribution in [0, 0.1) is 5.82 Å². The molecule has 0 atom stereocenters. The Morgan fingerprint density at radius 1 is 1.17 bits per heavy atom. The number of hydrogen-bond donors (Lipinski definition) is 4. The molecule has 0 amide bonds. The second-order valence-electron chi connectivity index (χ2n) is 7.71. The summed E-state index contributed by atoms with van der Waals surface area (Å²) in [5, 5.41) is 9.20. The number of benzene rings is 2. The van der Waals surface area contributed by atoms with Crippen LogP contribution < -0.4 is 26.6 Å². The molecule has 3 aromatic rings. The second-order valence-corrected chi connectivity index (χ2v) is 7.71. The Morgan fingerprint density at radius 2 is 1.97 bits per heavy atom. The molecule has 35 heavy (non-hydrogen) atoms. The Kier molecular flexibility index (Phi) is 8.18. The third-order valence-corrected chi connectivity index (χ3v) is 4.94. The first-order valence-corrected chi connectivity index (χ1v) is 10.8. The number of halogens is 1. The van der Waals surface area contributed by atoms with Crippen LogP contribution in [0.1, 0.15) is 0 Å². The molecule has 1 heterocycles. The number of hydrogen-bond acceptors (Lipinski definition) is 8. The highest BCUT2D eigenvalue weighted by Gasteiger charge is 2.14. The van der Waals surface area contributed by atoms with Gasteiger partial charge in [0.2, 0.25) is 5.95 Å². The lowest BCUT2D eigenvalue weighted by molar-refractivity contribution is 0.632. The summed E-state index contributed by atoms with van der Waals surface area (Å²) in [7, 11) is 5.55. The molecule has 0 saturated heterocycles. The maximum Gasteiger partial charge on any atom is 0.229 e. The van der Waals surface area contributed by atoms with E-state index in [1.165, 1.54) is 12.3 Å². The molecule has 0 aliphatic heterocycles. The molecule has 0 saturated carbocycles. The maximum absolute atomic E-state index is 14.8. The smallest absolute Gasteiger partial charge is 0.229 e. The Morgan fingerprint density at radius 3 is 2.66 bits per heavy atom. The lowest BCUT2D eigenvalue weighted by Crippen LogP contribution is -2.10. The molecule has 0 aliphatic rings. The molecule has 0 bridgehead atoms. The number of aliphatic imine (C=N–C) groups is 1. The van der Waals surface area contributed by atoms with Crippen LogP contribution in [0.5, 0.6) is 0 Å². The van der Waals surface area contributed by atoms with Crippen molar-refractivity contribution in [3.63, 3.8) is 0 Å². The lowest BCUT2D eigenvalue weighted by atomic mass is 10.1. The normalized spacial score (nSPS) is 11.3. The standard InChI is InChI=1S/C26H29FN8/c1-6-17(2)31-19-10-11-23(27)24(13-19)33-25-22(18-8-7-9-21(12-18)35(4)5)16-30-26(34-25)32-20(14-28)15-29-3/h6-16,31H,1-2,28H2,3-5H3,(H2,30,32,33,34)/b20-14+,29-15?. The Hall–Kier alpha value is -4.66. The Labute approximate surface area is 204 Å². The van der Waals surface area contributed by atoms with Gasteiger partial charge in [0.15, 0.2) is 0 Å². The first kappa shape index (κ1) is 25.0. The van der Waals surface area contributed by atoms with Crippen LogP contribution in [0.2, 0.25) is 0 Å². The molecule has 1 aromatic heterocycles. The van der Waals surface area contributed by atoms with Crippen molar-refractivity contribution in [1.82, 2.24) is 9.97 Å². The van der Waals surface area contributed by atoms with Gasteiger partial charge in [-0.05, 0) is 42.0 Å². The van der Waals surface area contributed by atoms with Crippen molar-refractivity contribution < 1.29 is 4.39 Å². The molecule has 8 nitrogen and oxygen atoms in total. The highest BCUT2D eigenvalue weighted by atomic mass is 19.1. The van der Waals surface area contributed by atoms with Crippen molar-refractivity contribution in [1.29, 1.82) is 0 Å². The number of aromatic nitrogens is 2. The van der Waals surface area contributed by atoms with Crippen LogP contribution in [0.25, 0.3) is 11.1 Å². The highest BCUT2D eigenvalue weighted by Crippen LogP contribution is 2.33. The predicted molar refractivity (Wildman–Crippen MR) is 145 cm³/mol. The largest absolute Gasteiger partial charge is 0.403 e. The fourth-order valence-electron chi connectivity index (χ4n) is 3.15. The van der Waals surface area contributed by atoms with Gasteiger partial charge in [-0.1, -0.05) is 25.3 Å². The van der Waals surface area contributed by atoms with E-state index >= 15 is 0 Å². The second kappa shape index (κ2) is 11.5. The topological polar surface area (TPSA) is 103 Å². The van der Waals surface area contributed by atoms with Gasteiger partial charge in [-0.25, -0.2) is 9.37 Å². The summed E-state index contributed by atoms with van der Waals surface area (Å²) in [6.45, 7) is 7.52. The minimum Gasteiger partial charge on any atom is -0.403 e. The minimum atomic E-state index is -0.443. The van der Waals surface area contributed by atoms with Crippen molar-refractivity contribution in [2.45, 2.75) is 0 Å². The SMILES string of the molecule is C=CC(=C)Nc1ccc(F)c(Nc2nc(N/C(C=NC)=C/N)ncc2-c2cccc(N(C)C)c2)c1. The van der Waals surface area contributed by atoms with Crippen LogP contribution in [-0.4, -0.2) is 37.3 Å². The van der Waals surface area contributed by atoms with Crippen molar-refractivity contribution in [3.05, 3.63) is 91.3 Å². The fourth-order valence-corrected chi connectivity index (χ4v) is 3.15. The molecule has 0 radical (unpaired) electrons. The fraction of sp³-hybridized carbons (Fsp3) is 0.115. The molecular weight excluding hydrogens is 443 g/mol. The minimum absolute atomic E-state index is 0.228. The van der Waals surface area contributed by atoms with Gasteiger partial charge in [0, 0.05) is 62.4 Å². The van der Waals surface area contributed by atoms with Gasteiger partial charge in [-0.15, -0.1) is 0 Å². The van der Waals surface area contributed by atoms with Crippen LogP contribution in [0.15, 0.2) is 90.5 Å². The molecule has 2 aromatic carbocycles. The summed E-state index contributed by atoms with van der Waals surface area (Å²) >= 11 is 0. The van der Waals surface area contributed by atoms with Gasteiger partial charge >= 0.3 is 0 Å². The molecule has 9 heteroatoms. The van der Waals surface area contributed by atoms with Crippen molar-refractivity contribution in [2.24, 2.45) is 10.7 Å². The summed E-state index contributed by atoms with van der Waals surface area (Å²) in [6.07, 6.45) is 6.16. The third kappa shape index (κ3) is 6.44. The van der Waals surface area contributed by atoms with Crippen molar-refractivity contribution in [2.75, 3.05) is 42.0 Å². The van der Waals surface area contributed by atoms with Gasteiger partial charge in [0.05, 0.1) is 11.4 Å². The summed E-state index contributed by atoms with van der Waals surface area (Å²) in [5.74, 6) is 0.231. The van der Waals surface area contributed by atoms with Gasteiger partial charge in [0.25, 0.3) is 0 Å². The van der Waals surface area contributed by atoms with Crippen LogP contribution >= 0.6 is 0 Å². The third-order valence-electron chi connectivity index (χ3n) is 4.94. The first-order valence-electron chi connectivity index (χ1n) is 10.8. The summed E-state index contributed by atoms with van der Waals surface area (Å²) in [5.41, 5.74) is 10.2. The average Bonchev–Trinajstić information content (AvgIpc) is 2.86. The number of nitrogens with two attached hydrogens (primary N) is 1. The maximum atomic E-state index is 14.8. The predicted octanol–water partition coefficient (Wildman–Crippen LogP) is 5.12. The highest BCUT2D eigenvalue weighted by molar-refractivity contribution is 5.84. The van der Waals surface area contributed by atoms with Gasteiger partial charge < -0.3 is 26.6 Å². The molecule has 180 valence electrons. The molecule has 0 spiro atoms. The molecule has 0 fully saturated rings. The van der Waals surface area contributed by atoms with E-state index in [9.17, 15) is 4.39 Å². The number of rotatable bonds is 10. The summed E-state index contributed by atoms with van der Waals surface area (Å²) in [6, 6.07) is 12.5. The van der Waals surface area contributed by atoms with Crippen LogP contribution in [0.4, 0.5) is 33.2 Å². The van der Waals surface area contributed by atoms with E-state index in [-0.39, 0.29) is 11.6 Å². The van der Waals surface area contributed by atoms with E-state index in [1.54, 1.807) is 37.7 Å². The van der Waals surface area contributed by atoms with Crippen molar-refractivity contribution in [3.8, 4) is 11.1 Å². The number of nitrogens with zero attached hydrogens (tertiary/aromatic N) is 4. The molecule has 5 N–H and O–H groups in total. The Bertz CT molecular complexity index is 1280. The van der Waals surface area contributed by atoms with Crippen LogP contribution in [-0.2, 0) is 0 Å². The van der Waals surface area contributed by atoms with E-state index in [2.05, 4.69) is 44.1 Å². The van der Waals surface area contributed by atoms with Gasteiger partial charge in [-0.2, -0.15) is 4.98 Å². The van der Waals surface area contributed by atoms with E-state index in [1.807, 2.05) is 43.3 Å². The zero-order valence-corrected chi connectivity index (χ0v) is 20.0. The van der Waals surface area contributed by atoms with Crippen LogP contribution in [0.3, 0.4) is 0 Å². The monoisotopic (exact) mass is 472 g/mol. The van der Waals surface area contributed by atoms with E-state index in [0.29, 0.717) is 28.5 Å². The first-order chi connectivity index (χ1) is 16.8.